The lowest BCUT2D eigenvalue weighted by Crippen LogP contribution is -2.02. The van der Waals surface area contributed by atoms with Gasteiger partial charge in [-0.05, 0) is 42.3 Å². The van der Waals surface area contributed by atoms with Crippen LogP contribution in [0.3, 0.4) is 0 Å². The van der Waals surface area contributed by atoms with Gasteiger partial charge in [-0.3, -0.25) is 0 Å². The van der Waals surface area contributed by atoms with Gasteiger partial charge < -0.3 is 9.84 Å². The van der Waals surface area contributed by atoms with Gasteiger partial charge in [-0.2, -0.15) is 0 Å². The number of carboxylic acid groups (broad SMARTS) is 1. The Morgan fingerprint density at radius 3 is 2.62 bits per heavy atom. The quantitative estimate of drug-likeness (QED) is 0.895. The van der Waals surface area contributed by atoms with E-state index in [1.54, 1.807) is 12.1 Å². The molecule has 0 aliphatic heterocycles. The highest BCUT2D eigenvalue weighted by atomic mass is 35.5. The number of hydrogen-bond acceptors (Lipinski definition) is 2. The van der Waals surface area contributed by atoms with Gasteiger partial charge in [-0.1, -0.05) is 24.6 Å². The molecule has 2 rings (SSSR count). The van der Waals surface area contributed by atoms with Crippen LogP contribution in [0, 0.1) is 5.82 Å². The van der Waals surface area contributed by atoms with Gasteiger partial charge in [0, 0.05) is 10.6 Å². The number of aryl methyl sites for hydroxylation is 1. The molecule has 0 saturated heterocycles. The fourth-order valence-electron chi connectivity index (χ4n) is 1.87. The van der Waals surface area contributed by atoms with E-state index in [2.05, 4.69) is 0 Å². The molecule has 0 saturated carbocycles. The molecule has 0 aliphatic carbocycles. The number of hydrogen-bond donors (Lipinski definition) is 1. The first kappa shape index (κ1) is 15.3. The highest BCUT2D eigenvalue weighted by Crippen LogP contribution is 2.23. The van der Waals surface area contributed by atoms with Gasteiger partial charge in [0.1, 0.15) is 18.2 Å². The molecule has 0 aromatic heterocycles. The molecule has 0 aliphatic rings. The van der Waals surface area contributed by atoms with Gasteiger partial charge in [-0.25, -0.2) is 9.18 Å². The lowest BCUT2D eigenvalue weighted by molar-refractivity contribution is 0.0696. The number of ether oxygens (including phenoxy) is 1. The largest absolute Gasteiger partial charge is 0.489 e. The standard InChI is InChI=1S/C16H14ClFO3/c1-2-10-7-13(5-6-14(10)17)21-9-12-4-3-11(16(19)20)8-15(12)18/h3-8H,2,9H2,1H3,(H,19,20). The molecule has 0 amide bonds. The maximum Gasteiger partial charge on any atom is 0.335 e. The van der Waals surface area contributed by atoms with Crippen LogP contribution in [-0.2, 0) is 13.0 Å². The first-order chi connectivity index (χ1) is 10.0. The van der Waals surface area contributed by atoms with Gasteiger partial charge in [-0.15, -0.1) is 0 Å². The van der Waals surface area contributed by atoms with Crippen molar-refractivity contribution in [3.63, 3.8) is 0 Å². The van der Waals surface area contributed by atoms with E-state index in [0.29, 0.717) is 16.3 Å². The highest BCUT2D eigenvalue weighted by molar-refractivity contribution is 6.31. The summed E-state index contributed by atoms with van der Waals surface area (Å²) in [5.74, 6) is -1.16. The fraction of sp³-hybridized carbons (Fsp3) is 0.188. The molecule has 110 valence electrons. The summed E-state index contributed by atoms with van der Waals surface area (Å²) in [5.41, 5.74) is 1.17. The van der Waals surface area contributed by atoms with Crippen LogP contribution in [0.5, 0.6) is 5.75 Å². The van der Waals surface area contributed by atoms with Crippen molar-refractivity contribution in [3.8, 4) is 5.75 Å². The molecular weight excluding hydrogens is 295 g/mol. The summed E-state index contributed by atoms with van der Waals surface area (Å²) in [4.78, 5) is 10.7. The average molecular weight is 309 g/mol. The van der Waals surface area contributed by atoms with Crippen LogP contribution in [0.2, 0.25) is 5.02 Å². The summed E-state index contributed by atoms with van der Waals surface area (Å²) in [6, 6.07) is 9.01. The van der Waals surface area contributed by atoms with Crippen LogP contribution in [0.4, 0.5) is 4.39 Å². The Morgan fingerprint density at radius 2 is 2.00 bits per heavy atom. The van der Waals surface area contributed by atoms with Gasteiger partial charge in [0.15, 0.2) is 0 Å². The molecule has 21 heavy (non-hydrogen) atoms. The lowest BCUT2D eigenvalue weighted by atomic mass is 10.1. The minimum atomic E-state index is -1.16. The summed E-state index contributed by atoms with van der Waals surface area (Å²) in [5, 5.41) is 9.45. The summed E-state index contributed by atoms with van der Waals surface area (Å²) in [6.07, 6.45) is 0.775. The Labute approximate surface area is 126 Å². The zero-order valence-corrected chi connectivity index (χ0v) is 12.2. The zero-order chi connectivity index (χ0) is 15.4. The molecule has 0 fully saturated rings. The normalized spacial score (nSPS) is 10.4. The lowest BCUT2D eigenvalue weighted by Gasteiger charge is -2.10. The topological polar surface area (TPSA) is 46.5 Å². The second-order valence-corrected chi connectivity index (χ2v) is 4.91. The van der Waals surface area contributed by atoms with Crippen molar-refractivity contribution in [2.45, 2.75) is 20.0 Å². The van der Waals surface area contributed by atoms with Crippen LogP contribution in [0.25, 0.3) is 0 Å². The molecule has 0 bridgehead atoms. The molecule has 2 aromatic carbocycles. The monoisotopic (exact) mass is 308 g/mol. The third kappa shape index (κ3) is 3.73. The fourth-order valence-corrected chi connectivity index (χ4v) is 2.12. The van der Waals surface area contributed by atoms with Crippen LogP contribution >= 0.6 is 11.6 Å². The van der Waals surface area contributed by atoms with E-state index in [1.165, 1.54) is 12.1 Å². The molecule has 1 N–H and O–H groups in total. The van der Waals surface area contributed by atoms with Crippen molar-refractivity contribution >= 4 is 17.6 Å². The van der Waals surface area contributed by atoms with Crippen molar-refractivity contribution in [3.05, 3.63) is 63.9 Å². The molecule has 0 heterocycles. The molecule has 0 unspecified atom stereocenters. The first-order valence-corrected chi connectivity index (χ1v) is 6.82. The second-order valence-electron chi connectivity index (χ2n) is 4.51. The minimum absolute atomic E-state index is 0.0243. The maximum atomic E-state index is 13.8. The maximum absolute atomic E-state index is 13.8. The van der Waals surface area contributed by atoms with Gasteiger partial charge in [0.25, 0.3) is 0 Å². The summed E-state index contributed by atoms with van der Waals surface area (Å²) >= 11 is 6.01. The number of halogens is 2. The van der Waals surface area contributed by atoms with E-state index in [0.717, 1.165) is 18.1 Å². The number of carboxylic acids is 1. The molecule has 3 nitrogen and oxygen atoms in total. The van der Waals surface area contributed by atoms with Crippen LogP contribution < -0.4 is 4.74 Å². The third-order valence-electron chi connectivity index (χ3n) is 3.09. The summed E-state index contributed by atoms with van der Waals surface area (Å²) < 4.78 is 19.3. The number of rotatable bonds is 5. The number of aromatic carboxylic acids is 1. The third-order valence-corrected chi connectivity index (χ3v) is 3.46. The predicted molar refractivity (Wildman–Crippen MR) is 78.5 cm³/mol. The van der Waals surface area contributed by atoms with E-state index in [9.17, 15) is 9.18 Å². The predicted octanol–water partition coefficient (Wildman–Crippen LogP) is 4.32. The SMILES string of the molecule is CCc1cc(OCc2ccc(C(=O)O)cc2F)ccc1Cl. The Balaban J connectivity index is 2.11. The van der Waals surface area contributed by atoms with Crippen molar-refractivity contribution in [1.82, 2.24) is 0 Å². The first-order valence-electron chi connectivity index (χ1n) is 6.44. The summed E-state index contributed by atoms with van der Waals surface area (Å²) in [7, 11) is 0. The molecule has 2 aromatic rings. The van der Waals surface area contributed by atoms with Crippen LogP contribution in [0.15, 0.2) is 36.4 Å². The molecule has 0 spiro atoms. The van der Waals surface area contributed by atoms with Gasteiger partial charge in [0.2, 0.25) is 0 Å². The minimum Gasteiger partial charge on any atom is -0.489 e. The van der Waals surface area contributed by atoms with Gasteiger partial charge >= 0.3 is 5.97 Å². The molecule has 0 radical (unpaired) electrons. The van der Waals surface area contributed by atoms with Gasteiger partial charge in [0.05, 0.1) is 5.56 Å². The Bertz CT molecular complexity index is 671. The van der Waals surface area contributed by atoms with E-state index in [4.69, 9.17) is 21.4 Å². The Kier molecular flexibility index (Phi) is 4.81. The van der Waals surface area contributed by atoms with E-state index in [1.807, 2.05) is 13.0 Å². The second kappa shape index (κ2) is 6.59. The van der Waals surface area contributed by atoms with E-state index >= 15 is 0 Å². The van der Waals surface area contributed by atoms with Crippen molar-refractivity contribution in [1.29, 1.82) is 0 Å². The number of carbonyl (C=O) groups is 1. The summed E-state index contributed by atoms with van der Waals surface area (Å²) in [6.45, 7) is 2.01. The average Bonchev–Trinajstić information content (AvgIpc) is 2.47. The molecular formula is C16H14ClFO3. The van der Waals surface area contributed by atoms with E-state index in [-0.39, 0.29) is 12.2 Å². The smallest absolute Gasteiger partial charge is 0.335 e. The van der Waals surface area contributed by atoms with Crippen molar-refractivity contribution < 1.29 is 19.0 Å². The van der Waals surface area contributed by atoms with Crippen molar-refractivity contribution in [2.24, 2.45) is 0 Å². The zero-order valence-electron chi connectivity index (χ0n) is 11.4. The Hall–Kier alpha value is -2.07. The van der Waals surface area contributed by atoms with Crippen LogP contribution in [-0.4, -0.2) is 11.1 Å². The molecule has 0 atom stereocenters. The Morgan fingerprint density at radius 1 is 1.24 bits per heavy atom. The van der Waals surface area contributed by atoms with E-state index < -0.39 is 11.8 Å². The van der Waals surface area contributed by atoms with Crippen LogP contribution in [0.1, 0.15) is 28.4 Å². The van der Waals surface area contributed by atoms with Crippen molar-refractivity contribution in [2.75, 3.05) is 0 Å². The molecule has 5 heteroatoms. The highest BCUT2D eigenvalue weighted by Gasteiger charge is 2.09. The number of benzene rings is 2.